The van der Waals surface area contributed by atoms with E-state index in [0.29, 0.717) is 5.69 Å². The van der Waals surface area contributed by atoms with Crippen molar-refractivity contribution in [3.63, 3.8) is 0 Å². The number of hydrogen-bond acceptors (Lipinski definition) is 4. The van der Waals surface area contributed by atoms with E-state index in [4.69, 9.17) is 4.74 Å². The molecule has 3 aromatic rings. The van der Waals surface area contributed by atoms with Crippen LogP contribution in [0.25, 0.3) is 5.69 Å². The normalized spacial score (nSPS) is 10.8. The maximum atomic E-state index is 13.6. The molecule has 0 bridgehead atoms. The van der Waals surface area contributed by atoms with Crippen LogP contribution >= 0.6 is 0 Å². The molecule has 0 aliphatic rings. The van der Waals surface area contributed by atoms with Gasteiger partial charge >= 0.3 is 0 Å². The van der Waals surface area contributed by atoms with Gasteiger partial charge in [-0.3, -0.25) is 19.3 Å². The van der Waals surface area contributed by atoms with E-state index >= 15 is 0 Å². The molecule has 134 valence electrons. The summed E-state index contributed by atoms with van der Waals surface area (Å²) in [7, 11) is 0. The highest BCUT2D eigenvalue weighted by Crippen LogP contribution is 2.18. The molecule has 0 aromatic carbocycles. The van der Waals surface area contributed by atoms with Gasteiger partial charge < -0.3 is 4.74 Å². The Labute approximate surface area is 148 Å². The molecule has 0 aliphatic carbocycles. The SMILES string of the molecule is Cc1cc(-n2c(C)cc(OCc3ncc(F)cc3F)cc2=O)c(C)cn1. The fourth-order valence-electron chi connectivity index (χ4n) is 2.62. The van der Waals surface area contributed by atoms with Crippen molar-refractivity contribution in [2.24, 2.45) is 0 Å². The van der Waals surface area contributed by atoms with Crippen molar-refractivity contribution in [1.82, 2.24) is 14.5 Å². The second-order valence-electron chi connectivity index (χ2n) is 5.99. The van der Waals surface area contributed by atoms with Gasteiger partial charge in [-0.2, -0.15) is 0 Å². The summed E-state index contributed by atoms with van der Waals surface area (Å²) in [5.74, 6) is -1.26. The van der Waals surface area contributed by atoms with Crippen LogP contribution in [0.3, 0.4) is 0 Å². The van der Waals surface area contributed by atoms with Gasteiger partial charge in [0.25, 0.3) is 5.56 Å². The highest BCUT2D eigenvalue weighted by Gasteiger charge is 2.11. The number of pyridine rings is 3. The molecule has 7 heteroatoms. The Morgan fingerprint density at radius 2 is 1.81 bits per heavy atom. The van der Waals surface area contributed by atoms with E-state index in [1.165, 1.54) is 6.07 Å². The number of nitrogens with zero attached hydrogens (tertiary/aromatic N) is 3. The second kappa shape index (κ2) is 7.03. The molecular formula is C19H17F2N3O2. The largest absolute Gasteiger partial charge is 0.487 e. The lowest BCUT2D eigenvalue weighted by molar-refractivity contribution is 0.292. The Morgan fingerprint density at radius 3 is 2.50 bits per heavy atom. The molecule has 0 fully saturated rings. The van der Waals surface area contributed by atoms with Crippen LogP contribution in [0.5, 0.6) is 5.75 Å². The zero-order valence-electron chi connectivity index (χ0n) is 14.6. The van der Waals surface area contributed by atoms with Crippen molar-refractivity contribution in [3.8, 4) is 11.4 Å². The molecule has 0 unspecified atom stereocenters. The van der Waals surface area contributed by atoms with E-state index in [1.807, 2.05) is 19.9 Å². The van der Waals surface area contributed by atoms with Gasteiger partial charge in [0.05, 0.1) is 11.9 Å². The number of rotatable bonds is 4. The van der Waals surface area contributed by atoms with Crippen LogP contribution in [-0.2, 0) is 6.61 Å². The van der Waals surface area contributed by atoms with Gasteiger partial charge in [0, 0.05) is 35.8 Å². The summed E-state index contributed by atoms with van der Waals surface area (Å²) in [5, 5.41) is 0. The summed E-state index contributed by atoms with van der Waals surface area (Å²) in [6.07, 6.45) is 2.63. The lowest BCUT2D eigenvalue weighted by Crippen LogP contribution is -2.21. The Bertz CT molecular complexity index is 1030. The van der Waals surface area contributed by atoms with E-state index in [1.54, 1.807) is 23.8 Å². The first-order chi connectivity index (χ1) is 12.3. The van der Waals surface area contributed by atoms with Crippen LogP contribution in [-0.4, -0.2) is 14.5 Å². The summed E-state index contributed by atoms with van der Waals surface area (Å²) >= 11 is 0. The fourth-order valence-corrected chi connectivity index (χ4v) is 2.62. The highest BCUT2D eigenvalue weighted by atomic mass is 19.1. The Morgan fingerprint density at radius 1 is 1.04 bits per heavy atom. The molecular weight excluding hydrogens is 340 g/mol. The molecule has 0 radical (unpaired) electrons. The summed E-state index contributed by atoms with van der Waals surface area (Å²) in [6, 6.07) is 5.58. The van der Waals surface area contributed by atoms with Gasteiger partial charge in [-0.1, -0.05) is 0 Å². The first-order valence-corrected chi connectivity index (χ1v) is 7.95. The third-order valence-electron chi connectivity index (χ3n) is 3.90. The molecule has 0 spiro atoms. The number of aromatic nitrogens is 3. The minimum Gasteiger partial charge on any atom is -0.487 e. The third-order valence-corrected chi connectivity index (χ3v) is 3.90. The summed E-state index contributed by atoms with van der Waals surface area (Å²) in [6.45, 7) is 5.30. The molecule has 0 aliphatic heterocycles. The van der Waals surface area contributed by atoms with Gasteiger partial charge in [-0.15, -0.1) is 0 Å². The van der Waals surface area contributed by atoms with Crippen LogP contribution < -0.4 is 10.3 Å². The minimum absolute atomic E-state index is 0.0335. The van der Waals surface area contributed by atoms with Crippen molar-refractivity contribution in [1.29, 1.82) is 0 Å². The molecule has 0 amide bonds. The van der Waals surface area contributed by atoms with Gasteiger partial charge in [0.2, 0.25) is 0 Å². The lowest BCUT2D eigenvalue weighted by Gasteiger charge is -2.15. The fraction of sp³-hybridized carbons (Fsp3) is 0.211. The first kappa shape index (κ1) is 17.7. The maximum Gasteiger partial charge on any atom is 0.259 e. The average molecular weight is 357 g/mol. The summed E-state index contributed by atoms with van der Waals surface area (Å²) in [4.78, 5) is 20.4. The predicted molar refractivity (Wildman–Crippen MR) is 92.5 cm³/mol. The second-order valence-corrected chi connectivity index (χ2v) is 5.99. The van der Waals surface area contributed by atoms with Crippen LogP contribution in [0.15, 0.2) is 41.5 Å². The zero-order chi connectivity index (χ0) is 18.8. The molecule has 0 N–H and O–H groups in total. The first-order valence-electron chi connectivity index (χ1n) is 7.95. The monoisotopic (exact) mass is 357 g/mol. The molecule has 3 rings (SSSR count). The van der Waals surface area contributed by atoms with Gasteiger partial charge in [0.15, 0.2) is 5.82 Å². The van der Waals surface area contributed by atoms with Crippen LogP contribution in [0.4, 0.5) is 8.78 Å². The van der Waals surface area contributed by atoms with Gasteiger partial charge in [-0.05, 0) is 32.4 Å². The molecule has 0 atom stereocenters. The quantitative estimate of drug-likeness (QED) is 0.718. The summed E-state index contributed by atoms with van der Waals surface area (Å²) in [5.41, 5.74) is 2.77. The standard InChI is InChI=1S/C19H17F2N3O2/c1-11-8-22-12(2)4-18(11)24-13(3)5-15(7-19(24)25)26-10-17-16(21)6-14(20)9-23-17/h4-9H,10H2,1-3H3. The highest BCUT2D eigenvalue weighted by molar-refractivity contribution is 5.43. The van der Waals surface area contributed by atoms with Crippen molar-refractivity contribution in [3.05, 3.63) is 81.3 Å². The van der Waals surface area contributed by atoms with E-state index in [0.717, 1.165) is 29.2 Å². The van der Waals surface area contributed by atoms with Crippen molar-refractivity contribution in [2.75, 3.05) is 0 Å². The summed E-state index contributed by atoms with van der Waals surface area (Å²) < 4.78 is 33.5. The molecule has 0 saturated carbocycles. The minimum atomic E-state index is -0.794. The molecule has 26 heavy (non-hydrogen) atoms. The van der Waals surface area contributed by atoms with Crippen molar-refractivity contribution in [2.45, 2.75) is 27.4 Å². The van der Waals surface area contributed by atoms with Crippen molar-refractivity contribution < 1.29 is 13.5 Å². The smallest absolute Gasteiger partial charge is 0.259 e. The lowest BCUT2D eigenvalue weighted by atomic mass is 10.2. The van der Waals surface area contributed by atoms with E-state index in [-0.39, 0.29) is 23.6 Å². The predicted octanol–water partition coefficient (Wildman–Crippen LogP) is 3.41. The Hall–Kier alpha value is -3.09. The Balaban J connectivity index is 1.90. The van der Waals surface area contributed by atoms with Crippen molar-refractivity contribution >= 4 is 0 Å². The van der Waals surface area contributed by atoms with Crippen LogP contribution in [0, 0.1) is 32.4 Å². The van der Waals surface area contributed by atoms with Crippen LogP contribution in [0.1, 0.15) is 22.6 Å². The average Bonchev–Trinajstić information content (AvgIpc) is 2.56. The van der Waals surface area contributed by atoms with Gasteiger partial charge in [-0.25, -0.2) is 8.78 Å². The third kappa shape index (κ3) is 3.61. The van der Waals surface area contributed by atoms with E-state index in [2.05, 4.69) is 9.97 Å². The number of aryl methyl sites for hydroxylation is 3. The zero-order valence-corrected chi connectivity index (χ0v) is 14.6. The maximum absolute atomic E-state index is 13.6. The number of halogens is 2. The molecule has 5 nitrogen and oxygen atoms in total. The van der Waals surface area contributed by atoms with Gasteiger partial charge in [0.1, 0.15) is 23.9 Å². The Kier molecular flexibility index (Phi) is 4.79. The van der Waals surface area contributed by atoms with E-state index < -0.39 is 11.6 Å². The molecule has 3 heterocycles. The number of ether oxygens (including phenoxy) is 1. The number of hydrogen-bond donors (Lipinski definition) is 0. The topological polar surface area (TPSA) is 57.0 Å². The van der Waals surface area contributed by atoms with Crippen LogP contribution in [0.2, 0.25) is 0 Å². The van der Waals surface area contributed by atoms with E-state index in [9.17, 15) is 13.6 Å². The molecule has 0 saturated heterocycles. The molecule has 3 aromatic heterocycles.